The smallest absolute Gasteiger partial charge is 0.230 e. The van der Waals surface area contributed by atoms with Gasteiger partial charge in [0.2, 0.25) is 5.91 Å². The Morgan fingerprint density at radius 3 is 2.77 bits per heavy atom. The molecular formula is C17H23N3OS. The number of benzene rings is 1. The van der Waals surface area contributed by atoms with Crippen LogP contribution in [0.4, 0.5) is 0 Å². The summed E-state index contributed by atoms with van der Waals surface area (Å²) in [5.74, 6) is 0.406. The third kappa shape index (κ3) is 4.13. The first-order chi connectivity index (χ1) is 10.4. The SMILES string of the molecule is CCC(C)(C)NC(=O)CSc1nccn1-c1ccccc1C. The first kappa shape index (κ1) is 16.6. The molecule has 22 heavy (non-hydrogen) atoms. The number of nitrogens with zero attached hydrogens (tertiary/aromatic N) is 2. The molecule has 0 fully saturated rings. The number of aromatic nitrogens is 2. The van der Waals surface area contributed by atoms with Gasteiger partial charge in [0.15, 0.2) is 5.16 Å². The summed E-state index contributed by atoms with van der Waals surface area (Å²) in [5, 5.41) is 3.87. The van der Waals surface area contributed by atoms with E-state index in [2.05, 4.69) is 36.3 Å². The van der Waals surface area contributed by atoms with Gasteiger partial charge in [0.1, 0.15) is 0 Å². The minimum absolute atomic E-state index is 0.0381. The molecule has 0 bridgehead atoms. The van der Waals surface area contributed by atoms with Crippen molar-refractivity contribution in [1.82, 2.24) is 14.9 Å². The van der Waals surface area contributed by atoms with E-state index in [4.69, 9.17) is 0 Å². The Balaban J connectivity index is 2.05. The van der Waals surface area contributed by atoms with Crippen molar-refractivity contribution in [2.24, 2.45) is 0 Å². The van der Waals surface area contributed by atoms with Crippen molar-refractivity contribution in [2.75, 3.05) is 5.75 Å². The van der Waals surface area contributed by atoms with Gasteiger partial charge in [0.05, 0.1) is 11.4 Å². The number of imidazole rings is 1. The quantitative estimate of drug-likeness (QED) is 0.828. The number of hydrogen-bond acceptors (Lipinski definition) is 3. The van der Waals surface area contributed by atoms with Crippen LogP contribution < -0.4 is 5.32 Å². The highest BCUT2D eigenvalue weighted by atomic mass is 32.2. The lowest BCUT2D eigenvalue weighted by Crippen LogP contribution is -2.43. The van der Waals surface area contributed by atoms with Crippen LogP contribution >= 0.6 is 11.8 Å². The van der Waals surface area contributed by atoms with E-state index in [-0.39, 0.29) is 11.4 Å². The second kappa shape index (κ2) is 7.01. The highest BCUT2D eigenvalue weighted by molar-refractivity contribution is 7.99. The van der Waals surface area contributed by atoms with Crippen molar-refractivity contribution in [1.29, 1.82) is 0 Å². The van der Waals surface area contributed by atoms with E-state index >= 15 is 0 Å². The van der Waals surface area contributed by atoms with Crippen LogP contribution in [0.1, 0.15) is 32.8 Å². The van der Waals surface area contributed by atoms with Crippen LogP contribution in [-0.4, -0.2) is 26.8 Å². The number of hydrogen-bond donors (Lipinski definition) is 1. The van der Waals surface area contributed by atoms with Crippen LogP contribution in [-0.2, 0) is 4.79 Å². The molecule has 2 aromatic rings. The summed E-state index contributed by atoms with van der Waals surface area (Å²) in [6.45, 7) is 8.20. The molecule has 2 rings (SSSR count). The van der Waals surface area contributed by atoms with E-state index in [0.29, 0.717) is 5.75 Å². The van der Waals surface area contributed by atoms with Crippen LogP contribution in [0.2, 0.25) is 0 Å². The van der Waals surface area contributed by atoms with E-state index in [1.165, 1.54) is 17.3 Å². The first-order valence-electron chi connectivity index (χ1n) is 7.46. The van der Waals surface area contributed by atoms with Gasteiger partial charge in [-0.1, -0.05) is 36.9 Å². The molecule has 1 amide bonds. The summed E-state index contributed by atoms with van der Waals surface area (Å²) in [4.78, 5) is 16.4. The Bertz CT molecular complexity index is 649. The fourth-order valence-corrected chi connectivity index (χ4v) is 2.81. The van der Waals surface area contributed by atoms with E-state index in [0.717, 1.165) is 17.3 Å². The van der Waals surface area contributed by atoms with E-state index in [1.807, 2.05) is 36.7 Å². The Labute approximate surface area is 136 Å². The zero-order chi connectivity index (χ0) is 16.2. The number of nitrogens with one attached hydrogen (secondary N) is 1. The van der Waals surface area contributed by atoms with Gasteiger partial charge in [-0.2, -0.15) is 0 Å². The molecule has 1 aromatic heterocycles. The molecule has 0 saturated carbocycles. The monoisotopic (exact) mass is 317 g/mol. The zero-order valence-electron chi connectivity index (χ0n) is 13.6. The zero-order valence-corrected chi connectivity index (χ0v) is 14.4. The van der Waals surface area contributed by atoms with Gasteiger partial charge < -0.3 is 5.32 Å². The van der Waals surface area contributed by atoms with E-state index in [9.17, 15) is 4.79 Å². The average Bonchev–Trinajstić information content (AvgIpc) is 2.93. The minimum atomic E-state index is -0.164. The lowest BCUT2D eigenvalue weighted by atomic mass is 10.0. The number of carbonyl (C=O) groups is 1. The molecule has 0 spiro atoms. The number of thioether (sulfide) groups is 1. The van der Waals surface area contributed by atoms with Crippen LogP contribution in [0.3, 0.4) is 0 Å². The minimum Gasteiger partial charge on any atom is -0.351 e. The topological polar surface area (TPSA) is 46.9 Å². The molecular weight excluding hydrogens is 294 g/mol. The summed E-state index contributed by atoms with van der Waals surface area (Å²) < 4.78 is 2.03. The Morgan fingerprint density at radius 2 is 2.09 bits per heavy atom. The molecule has 1 heterocycles. The number of carbonyl (C=O) groups excluding carboxylic acids is 1. The van der Waals surface area contributed by atoms with Crippen LogP contribution in [0.25, 0.3) is 5.69 Å². The van der Waals surface area contributed by atoms with Crippen LogP contribution in [0.5, 0.6) is 0 Å². The van der Waals surface area contributed by atoms with Gasteiger partial charge in [0.25, 0.3) is 0 Å². The first-order valence-corrected chi connectivity index (χ1v) is 8.44. The predicted octanol–water partition coefficient (Wildman–Crippen LogP) is 3.58. The van der Waals surface area contributed by atoms with Crippen molar-refractivity contribution in [3.8, 4) is 5.69 Å². The number of amides is 1. The summed E-state index contributed by atoms with van der Waals surface area (Å²) in [5.41, 5.74) is 2.11. The molecule has 0 radical (unpaired) electrons. The average molecular weight is 317 g/mol. The third-order valence-electron chi connectivity index (χ3n) is 3.68. The van der Waals surface area contributed by atoms with Crippen molar-refractivity contribution >= 4 is 17.7 Å². The fourth-order valence-electron chi connectivity index (χ4n) is 2.05. The van der Waals surface area contributed by atoms with E-state index in [1.54, 1.807) is 6.20 Å². The molecule has 118 valence electrons. The molecule has 5 heteroatoms. The second-order valence-electron chi connectivity index (χ2n) is 5.94. The van der Waals surface area contributed by atoms with E-state index < -0.39 is 0 Å². The van der Waals surface area contributed by atoms with Gasteiger partial charge >= 0.3 is 0 Å². The second-order valence-corrected chi connectivity index (χ2v) is 6.88. The maximum absolute atomic E-state index is 12.1. The molecule has 4 nitrogen and oxygen atoms in total. The fraction of sp³-hybridized carbons (Fsp3) is 0.412. The lowest BCUT2D eigenvalue weighted by Gasteiger charge is -2.24. The molecule has 0 unspecified atom stereocenters. The van der Waals surface area contributed by atoms with Crippen molar-refractivity contribution in [3.63, 3.8) is 0 Å². The van der Waals surface area contributed by atoms with Crippen LogP contribution in [0, 0.1) is 6.92 Å². The van der Waals surface area contributed by atoms with Crippen LogP contribution in [0.15, 0.2) is 41.8 Å². The molecule has 1 N–H and O–H groups in total. The number of aryl methyl sites for hydroxylation is 1. The molecule has 0 saturated heterocycles. The standard InChI is InChI=1S/C17H23N3OS/c1-5-17(3,4)19-15(21)12-22-16-18-10-11-20(16)14-9-7-6-8-13(14)2/h6-11H,5,12H2,1-4H3,(H,19,21). The van der Waals surface area contributed by atoms with Crippen molar-refractivity contribution in [2.45, 2.75) is 44.8 Å². The maximum Gasteiger partial charge on any atom is 0.230 e. The Kier molecular flexibility index (Phi) is 5.29. The van der Waals surface area contributed by atoms with Crippen molar-refractivity contribution in [3.05, 3.63) is 42.2 Å². The molecule has 0 aliphatic carbocycles. The highest BCUT2D eigenvalue weighted by Crippen LogP contribution is 2.22. The van der Waals surface area contributed by atoms with Gasteiger partial charge in [-0.25, -0.2) is 4.98 Å². The lowest BCUT2D eigenvalue weighted by molar-refractivity contribution is -0.120. The largest absolute Gasteiger partial charge is 0.351 e. The van der Waals surface area contributed by atoms with Gasteiger partial charge in [0, 0.05) is 17.9 Å². The number of para-hydroxylation sites is 1. The molecule has 1 aromatic carbocycles. The number of rotatable bonds is 6. The van der Waals surface area contributed by atoms with Gasteiger partial charge in [-0.05, 0) is 38.8 Å². The Hall–Kier alpha value is -1.75. The third-order valence-corrected chi connectivity index (χ3v) is 4.64. The molecule has 0 atom stereocenters. The van der Waals surface area contributed by atoms with Gasteiger partial charge in [-0.3, -0.25) is 9.36 Å². The van der Waals surface area contributed by atoms with Gasteiger partial charge in [-0.15, -0.1) is 0 Å². The predicted molar refractivity (Wildman–Crippen MR) is 91.5 cm³/mol. The normalized spacial score (nSPS) is 11.5. The maximum atomic E-state index is 12.1. The molecule has 0 aliphatic heterocycles. The Morgan fingerprint density at radius 1 is 1.36 bits per heavy atom. The molecule has 0 aliphatic rings. The summed E-state index contributed by atoms with van der Waals surface area (Å²) in [6.07, 6.45) is 4.60. The summed E-state index contributed by atoms with van der Waals surface area (Å²) in [6, 6.07) is 8.15. The van der Waals surface area contributed by atoms with Crippen molar-refractivity contribution < 1.29 is 4.79 Å². The summed E-state index contributed by atoms with van der Waals surface area (Å²) >= 11 is 1.46. The summed E-state index contributed by atoms with van der Waals surface area (Å²) in [7, 11) is 0. The highest BCUT2D eigenvalue weighted by Gasteiger charge is 2.18.